The molecule has 0 aliphatic heterocycles. The molecule has 8 nitrogen and oxygen atoms in total. The smallest absolute Gasteiger partial charge is 0.408 e. The fraction of sp³-hybridized carbons (Fsp3) is 0.381. The van der Waals surface area contributed by atoms with Gasteiger partial charge in [-0.1, -0.05) is 6.07 Å². The van der Waals surface area contributed by atoms with Gasteiger partial charge in [0.05, 0.1) is 7.11 Å². The normalized spacial score (nSPS) is 11.9. The molecule has 0 spiro atoms. The van der Waals surface area contributed by atoms with Gasteiger partial charge in [0.1, 0.15) is 18.2 Å². The zero-order chi connectivity index (χ0) is 21.4. The van der Waals surface area contributed by atoms with Gasteiger partial charge in [-0.3, -0.25) is 9.78 Å². The molecule has 2 amide bonds. The number of hydrogen-bond acceptors (Lipinski definition) is 6. The van der Waals surface area contributed by atoms with Crippen molar-refractivity contribution in [3.05, 3.63) is 48.3 Å². The second-order valence-corrected chi connectivity index (χ2v) is 7.37. The predicted molar refractivity (Wildman–Crippen MR) is 109 cm³/mol. The van der Waals surface area contributed by atoms with Crippen molar-refractivity contribution in [1.82, 2.24) is 10.3 Å². The minimum absolute atomic E-state index is 0.304. The molecule has 1 aromatic carbocycles. The Morgan fingerprint density at radius 1 is 1.17 bits per heavy atom. The Morgan fingerprint density at radius 3 is 2.55 bits per heavy atom. The number of alkyl carbamates (subject to hydrolysis) is 1. The molecule has 0 bridgehead atoms. The lowest BCUT2D eigenvalue weighted by atomic mass is 10.2. The number of carbonyl (C=O) groups excluding carboxylic acids is 2. The monoisotopic (exact) mass is 401 g/mol. The Hall–Kier alpha value is -3.29. The Kier molecular flexibility index (Phi) is 7.41. The molecule has 0 saturated carbocycles. The van der Waals surface area contributed by atoms with Gasteiger partial charge in [-0.2, -0.15) is 0 Å². The SMILES string of the molecule is COc1ccc(NC(=O)C(C)NC(=O)OC(C)(C)C)cc1OCc1cccnc1. The molecule has 1 unspecified atom stereocenters. The van der Waals surface area contributed by atoms with Gasteiger partial charge < -0.3 is 24.8 Å². The summed E-state index contributed by atoms with van der Waals surface area (Å²) in [5.74, 6) is 0.618. The zero-order valence-corrected chi connectivity index (χ0v) is 17.3. The van der Waals surface area contributed by atoms with E-state index in [1.165, 1.54) is 7.11 Å². The number of nitrogens with one attached hydrogen (secondary N) is 2. The lowest BCUT2D eigenvalue weighted by Gasteiger charge is -2.21. The summed E-state index contributed by atoms with van der Waals surface area (Å²) in [5, 5.41) is 5.25. The van der Waals surface area contributed by atoms with E-state index in [9.17, 15) is 9.59 Å². The van der Waals surface area contributed by atoms with Crippen LogP contribution >= 0.6 is 0 Å². The van der Waals surface area contributed by atoms with Gasteiger partial charge in [0, 0.05) is 29.7 Å². The van der Waals surface area contributed by atoms with Gasteiger partial charge in [0.25, 0.3) is 0 Å². The maximum Gasteiger partial charge on any atom is 0.408 e. The summed E-state index contributed by atoms with van der Waals surface area (Å²) in [6.45, 7) is 7.13. The molecule has 2 aromatic rings. The Morgan fingerprint density at radius 2 is 1.93 bits per heavy atom. The number of amides is 2. The van der Waals surface area contributed by atoms with Crippen LogP contribution in [0.4, 0.5) is 10.5 Å². The van der Waals surface area contributed by atoms with E-state index in [1.54, 1.807) is 58.3 Å². The van der Waals surface area contributed by atoms with Crippen LogP contribution in [0.15, 0.2) is 42.7 Å². The van der Waals surface area contributed by atoms with Crippen molar-refractivity contribution in [2.75, 3.05) is 12.4 Å². The molecule has 0 aliphatic rings. The molecule has 1 atom stereocenters. The van der Waals surface area contributed by atoms with Crippen LogP contribution in [0.5, 0.6) is 11.5 Å². The highest BCUT2D eigenvalue weighted by molar-refractivity contribution is 5.96. The average molecular weight is 401 g/mol. The summed E-state index contributed by atoms with van der Waals surface area (Å²) < 4.78 is 16.3. The third kappa shape index (κ3) is 7.33. The van der Waals surface area contributed by atoms with Crippen molar-refractivity contribution in [1.29, 1.82) is 0 Å². The number of benzene rings is 1. The van der Waals surface area contributed by atoms with Crippen LogP contribution in [-0.2, 0) is 16.1 Å². The van der Waals surface area contributed by atoms with Crippen LogP contribution in [0, 0.1) is 0 Å². The average Bonchev–Trinajstić information content (AvgIpc) is 2.65. The molecule has 29 heavy (non-hydrogen) atoms. The largest absolute Gasteiger partial charge is 0.493 e. The summed E-state index contributed by atoms with van der Waals surface area (Å²) in [7, 11) is 1.54. The van der Waals surface area contributed by atoms with Crippen molar-refractivity contribution in [3.8, 4) is 11.5 Å². The van der Waals surface area contributed by atoms with Crippen LogP contribution in [0.2, 0.25) is 0 Å². The van der Waals surface area contributed by atoms with Crippen molar-refractivity contribution in [3.63, 3.8) is 0 Å². The summed E-state index contributed by atoms with van der Waals surface area (Å²) in [4.78, 5) is 28.3. The van der Waals surface area contributed by atoms with Gasteiger partial charge in [-0.25, -0.2) is 4.79 Å². The second kappa shape index (κ2) is 9.77. The van der Waals surface area contributed by atoms with E-state index in [-0.39, 0.29) is 5.91 Å². The fourth-order valence-corrected chi connectivity index (χ4v) is 2.31. The van der Waals surface area contributed by atoms with Crippen LogP contribution < -0.4 is 20.1 Å². The first-order valence-electron chi connectivity index (χ1n) is 9.18. The molecule has 0 radical (unpaired) electrons. The molecule has 156 valence electrons. The maximum atomic E-state index is 12.4. The van der Waals surface area contributed by atoms with E-state index in [0.717, 1.165) is 5.56 Å². The molecular weight excluding hydrogens is 374 g/mol. The van der Waals surface area contributed by atoms with Crippen LogP contribution in [0.25, 0.3) is 0 Å². The lowest BCUT2D eigenvalue weighted by molar-refractivity contribution is -0.117. The van der Waals surface area contributed by atoms with Crippen molar-refractivity contribution in [2.24, 2.45) is 0 Å². The standard InChI is InChI=1S/C21H27N3O5/c1-14(23-20(26)29-21(2,3)4)19(25)24-16-8-9-17(27-5)18(11-16)28-13-15-7-6-10-22-12-15/h6-12,14H,13H2,1-5H3,(H,23,26)(H,24,25). The van der Waals surface area contributed by atoms with Crippen molar-refractivity contribution >= 4 is 17.7 Å². The number of carbonyl (C=O) groups is 2. The molecular formula is C21H27N3O5. The topological polar surface area (TPSA) is 98.8 Å². The van der Waals surface area contributed by atoms with E-state index >= 15 is 0 Å². The van der Waals surface area contributed by atoms with E-state index < -0.39 is 17.7 Å². The van der Waals surface area contributed by atoms with Gasteiger partial charge >= 0.3 is 6.09 Å². The number of nitrogens with zero attached hydrogens (tertiary/aromatic N) is 1. The molecule has 8 heteroatoms. The van der Waals surface area contributed by atoms with Crippen molar-refractivity contribution < 1.29 is 23.8 Å². The Bertz CT molecular complexity index is 834. The van der Waals surface area contributed by atoms with Gasteiger partial charge in [-0.15, -0.1) is 0 Å². The Labute approximate surface area is 170 Å². The zero-order valence-electron chi connectivity index (χ0n) is 17.3. The minimum atomic E-state index is -0.785. The number of methoxy groups -OCH3 is 1. The number of pyridine rings is 1. The molecule has 0 aliphatic carbocycles. The number of hydrogen-bond donors (Lipinski definition) is 2. The summed E-state index contributed by atoms with van der Waals surface area (Å²) in [6.07, 6.45) is 2.74. The summed E-state index contributed by atoms with van der Waals surface area (Å²) in [5.41, 5.74) is 0.769. The first-order chi connectivity index (χ1) is 13.7. The van der Waals surface area contributed by atoms with E-state index in [4.69, 9.17) is 14.2 Å². The first-order valence-corrected chi connectivity index (χ1v) is 9.18. The highest BCUT2D eigenvalue weighted by Crippen LogP contribution is 2.31. The number of aromatic nitrogens is 1. The van der Waals surface area contributed by atoms with E-state index in [2.05, 4.69) is 15.6 Å². The molecule has 0 saturated heterocycles. The van der Waals surface area contributed by atoms with Gasteiger partial charge in [-0.05, 0) is 45.9 Å². The van der Waals surface area contributed by atoms with Gasteiger partial charge in [0.15, 0.2) is 11.5 Å². The Balaban J connectivity index is 2.00. The van der Waals surface area contributed by atoms with Crippen LogP contribution in [0.1, 0.15) is 33.3 Å². The lowest BCUT2D eigenvalue weighted by Crippen LogP contribution is -2.43. The van der Waals surface area contributed by atoms with E-state index in [1.807, 2.05) is 12.1 Å². The summed E-state index contributed by atoms with van der Waals surface area (Å²) in [6, 6.07) is 7.98. The van der Waals surface area contributed by atoms with Gasteiger partial charge in [0.2, 0.25) is 5.91 Å². The number of rotatable bonds is 7. The predicted octanol–water partition coefficient (Wildman–Crippen LogP) is 3.52. The third-order valence-corrected chi connectivity index (χ3v) is 3.67. The molecule has 1 heterocycles. The third-order valence-electron chi connectivity index (χ3n) is 3.67. The summed E-state index contributed by atoms with van der Waals surface area (Å²) >= 11 is 0. The van der Waals surface area contributed by atoms with E-state index in [0.29, 0.717) is 23.8 Å². The quantitative estimate of drug-likeness (QED) is 0.737. The molecule has 0 fully saturated rings. The molecule has 2 N–H and O–H groups in total. The minimum Gasteiger partial charge on any atom is -0.493 e. The highest BCUT2D eigenvalue weighted by atomic mass is 16.6. The second-order valence-electron chi connectivity index (χ2n) is 7.37. The van der Waals surface area contributed by atoms with Crippen LogP contribution in [-0.4, -0.2) is 35.7 Å². The highest BCUT2D eigenvalue weighted by Gasteiger charge is 2.21. The molecule has 2 rings (SSSR count). The number of ether oxygens (including phenoxy) is 3. The number of anilines is 1. The molecule has 1 aromatic heterocycles. The van der Waals surface area contributed by atoms with Crippen molar-refractivity contribution in [2.45, 2.75) is 45.9 Å². The maximum absolute atomic E-state index is 12.4. The fourth-order valence-electron chi connectivity index (χ4n) is 2.31. The first kappa shape index (κ1) is 22.0. The van der Waals surface area contributed by atoms with Crippen LogP contribution in [0.3, 0.4) is 0 Å².